The fourth-order valence-electron chi connectivity index (χ4n) is 0.786. The highest BCUT2D eigenvalue weighted by Crippen LogP contribution is 2.04. The zero-order valence-electron chi connectivity index (χ0n) is 8.17. The first-order chi connectivity index (χ1) is 5.74. The van der Waals surface area contributed by atoms with Crippen molar-refractivity contribution in [2.45, 2.75) is 27.2 Å². The summed E-state index contributed by atoms with van der Waals surface area (Å²) in [5.41, 5.74) is 2.26. The summed E-state index contributed by atoms with van der Waals surface area (Å²) in [6, 6.07) is 0. The molecule has 1 nitrogen and oxygen atoms in total. The average Bonchev–Trinajstić information content (AvgIpc) is 2.11. The third kappa shape index (κ3) is 4.67. The van der Waals surface area contributed by atoms with Crippen LogP contribution in [0.3, 0.4) is 0 Å². The SMILES string of the molecule is C=N\C(C)=C/C=C(/C=C\C)CC. The normalized spacial score (nSPS) is 13.9. The molecular formula is C11H17N. The van der Waals surface area contributed by atoms with Gasteiger partial charge in [-0.2, -0.15) is 0 Å². The van der Waals surface area contributed by atoms with Gasteiger partial charge < -0.3 is 0 Å². The number of aliphatic imine (C=N–C) groups is 1. The van der Waals surface area contributed by atoms with Gasteiger partial charge in [0.25, 0.3) is 0 Å². The minimum atomic E-state index is 0.949. The molecule has 0 aromatic rings. The monoisotopic (exact) mass is 163 g/mol. The Hall–Kier alpha value is -1.11. The molecule has 0 unspecified atom stereocenters. The van der Waals surface area contributed by atoms with Crippen LogP contribution in [0.4, 0.5) is 0 Å². The Balaban J connectivity index is 4.39. The van der Waals surface area contributed by atoms with E-state index in [4.69, 9.17) is 0 Å². The van der Waals surface area contributed by atoms with Gasteiger partial charge in [-0.05, 0) is 38.6 Å². The molecule has 1 heteroatoms. The van der Waals surface area contributed by atoms with E-state index in [0.717, 1.165) is 12.1 Å². The molecule has 0 aliphatic carbocycles. The molecule has 0 fully saturated rings. The summed E-state index contributed by atoms with van der Waals surface area (Å²) in [7, 11) is 0. The van der Waals surface area contributed by atoms with Crippen LogP contribution in [0, 0.1) is 0 Å². The van der Waals surface area contributed by atoms with Gasteiger partial charge in [-0.15, -0.1) is 0 Å². The van der Waals surface area contributed by atoms with Crippen molar-refractivity contribution in [1.29, 1.82) is 0 Å². The van der Waals surface area contributed by atoms with E-state index in [9.17, 15) is 0 Å². The molecule has 0 aliphatic rings. The number of nitrogens with zero attached hydrogens (tertiary/aromatic N) is 1. The highest BCUT2D eigenvalue weighted by molar-refractivity contribution is 5.31. The third-order valence-corrected chi connectivity index (χ3v) is 1.58. The Labute approximate surface area is 75.2 Å². The van der Waals surface area contributed by atoms with E-state index in [2.05, 4.69) is 30.8 Å². The Kier molecular flexibility index (Phi) is 5.98. The lowest BCUT2D eigenvalue weighted by atomic mass is 10.1. The summed E-state index contributed by atoms with van der Waals surface area (Å²) in [6.07, 6.45) is 9.24. The van der Waals surface area contributed by atoms with E-state index in [0.29, 0.717) is 0 Å². The molecule has 0 atom stereocenters. The molecular weight excluding hydrogens is 146 g/mol. The van der Waals surface area contributed by atoms with Crippen LogP contribution in [-0.4, -0.2) is 6.72 Å². The van der Waals surface area contributed by atoms with Gasteiger partial charge in [0.05, 0.1) is 0 Å². The topological polar surface area (TPSA) is 12.4 Å². The van der Waals surface area contributed by atoms with Crippen LogP contribution in [0.25, 0.3) is 0 Å². The molecule has 0 aliphatic heterocycles. The predicted octanol–water partition coefficient (Wildman–Crippen LogP) is 3.50. The van der Waals surface area contributed by atoms with Crippen molar-refractivity contribution in [3.8, 4) is 0 Å². The molecule has 0 bridgehead atoms. The van der Waals surface area contributed by atoms with Crippen LogP contribution in [-0.2, 0) is 0 Å². The van der Waals surface area contributed by atoms with Crippen molar-refractivity contribution in [3.63, 3.8) is 0 Å². The summed E-state index contributed by atoms with van der Waals surface area (Å²) in [5.74, 6) is 0. The smallest absolute Gasteiger partial charge is 0.0365 e. The fraction of sp³-hybridized carbons (Fsp3) is 0.364. The van der Waals surface area contributed by atoms with Gasteiger partial charge in [-0.3, -0.25) is 4.99 Å². The van der Waals surface area contributed by atoms with Crippen molar-refractivity contribution >= 4 is 6.72 Å². The van der Waals surface area contributed by atoms with E-state index in [1.807, 2.05) is 26.0 Å². The molecule has 0 saturated carbocycles. The van der Waals surface area contributed by atoms with Gasteiger partial charge in [-0.1, -0.05) is 25.2 Å². The first-order valence-corrected chi connectivity index (χ1v) is 4.21. The molecule has 0 aromatic heterocycles. The minimum absolute atomic E-state index is 0.949. The molecule has 0 heterocycles. The van der Waals surface area contributed by atoms with Crippen molar-refractivity contribution in [2.75, 3.05) is 0 Å². The maximum absolute atomic E-state index is 3.80. The Bertz CT molecular complexity index is 219. The van der Waals surface area contributed by atoms with Gasteiger partial charge in [0, 0.05) is 5.70 Å². The van der Waals surface area contributed by atoms with Gasteiger partial charge in [0.15, 0.2) is 0 Å². The second kappa shape index (κ2) is 6.59. The Morgan fingerprint density at radius 2 is 2.08 bits per heavy atom. The van der Waals surface area contributed by atoms with Crippen molar-refractivity contribution in [2.24, 2.45) is 4.99 Å². The van der Waals surface area contributed by atoms with Crippen LogP contribution >= 0.6 is 0 Å². The highest BCUT2D eigenvalue weighted by atomic mass is 14.7. The molecule has 0 aromatic carbocycles. The molecule has 0 saturated heterocycles. The van der Waals surface area contributed by atoms with E-state index in [1.54, 1.807) is 0 Å². The average molecular weight is 163 g/mol. The van der Waals surface area contributed by atoms with Gasteiger partial charge in [0.1, 0.15) is 0 Å². The standard InChI is InChI=1S/C11H17N/c1-5-7-11(6-2)9-8-10(3)12-4/h5,7-9H,4,6H2,1-3H3/b7-5-,10-8-,11-9+. The van der Waals surface area contributed by atoms with Crippen LogP contribution in [0.2, 0.25) is 0 Å². The minimum Gasteiger partial charge on any atom is -0.269 e. The molecule has 0 spiro atoms. The quantitative estimate of drug-likeness (QED) is 0.444. The van der Waals surface area contributed by atoms with E-state index < -0.39 is 0 Å². The van der Waals surface area contributed by atoms with Crippen molar-refractivity contribution < 1.29 is 0 Å². The molecule has 0 radical (unpaired) electrons. The zero-order valence-corrected chi connectivity index (χ0v) is 8.17. The molecule has 12 heavy (non-hydrogen) atoms. The van der Waals surface area contributed by atoms with Gasteiger partial charge >= 0.3 is 0 Å². The largest absolute Gasteiger partial charge is 0.269 e. The maximum Gasteiger partial charge on any atom is 0.0365 e. The first kappa shape index (κ1) is 10.9. The summed E-state index contributed by atoms with van der Waals surface area (Å²) < 4.78 is 0. The summed E-state index contributed by atoms with van der Waals surface area (Å²) in [4.78, 5) is 3.80. The Morgan fingerprint density at radius 1 is 1.42 bits per heavy atom. The third-order valence-electron chi connectivity index (χ3n) is 1.58. The number of allylic oxidation sites excluding steroid dienone is 6. The lowest BCUT2D eigenvalue weighted by molar-refractivity contribution is 1.14. The highest BCUT2D eigenvalue weighted by Gasteiger charge is 1.84. The van der Waals surface area contributed by atoms with Crippen molar-refractivity contribution in [1.82, 2.24) is 0 Å². The molecule has 0 N–H and O–H groups in total. The number of rotatable bonds is 4. The lowest BCUT2D eigenvalue weighted by Gasteiger charge is -1.93. The summed E-state index contributed by atoms with van der Waals surface area (Å²) >= 11 is 0. The first-order valence-electron chi connectivity index (χ1n) is 4.21. The molecule has 66 valence electrons. The fourth-order valence-corrected chi connectivity index (χ4v) is 0.786. The summed E-state index contributed by atoms with van der Waals surface area (Å²) in [6.45, 7) is 9.54. The molecule has 0 rings (SSSR count). The number of hydrogen-bond acceptors (Lipinski definition) is 1. The number of hydrogen-bond donors (Lipinski definition) is 0. The van der Waals surface area contributed by atoms with E-state index in [-0.39, 0.29) is 0 Å². The van der Waals surface area contributed by atoms with Crippen LogP contribution in [0.1, 0.15) is 27.2 Å². The second-order valence-electron chi connectivity index (χ2n) is 2.56. The lowest BCUT2D eigenvalue weighted by Crippen LogP contribution is -1.73. The van der Waals surface area contributed by atoms with Crippen LogP contribution in [0.15, 0.2) is 40.6 Å². The predicted molar refractivity (Wildman–Crippen MR) is 56.5 cm³/mol. The van der Waals surface area contributed by atoms with E-state index in [1.165, 1.54) is 5.57 Å². The zero-order chi connectivity index (χ0) is 9.40. The van der Waals surface area contributed by atoms with Gasteiger partial charge in [-0.25, -0.2) is 0 Å². The van der Waals surface area contributed by atoms with Crippen LogP contribution < -0.4 is 0 Å². The summed E-state index contributed by atoms with van der Waals surface area (Å²) in [5, 5.41) is 0. The Morgan fingerprint density at radius 3 is 2.50 bits per heavy atom. The second-order valence-corrected chi connectivity index (χ2v) is 2.56. The molecule has 0 amide bonds. The van der Waals surface area contributed by atoms with E-state index >= 15 is 0 Å². The van der Waals surface area contributed by atoms with Crippen molar-refractivity contribution in [3.05, 3.63) is 35.6 Å². The van der Waals surface area contributed by atoms with Gasteiger partial charge in [0.2, 0.25) is 0 Å². The van der Waals surface area contributed by atoms with Crippen LogP contribution in [0.5, 0.6) is 0 Å². The maximum atomic E-state index is 3.80.